The lowest BCUT2D eigenvalue weighted by Gasteiger charge is -2.22. The lowest BCUT2D eigenvalue weighted by Crippen LogP contribution is -2.37. The molecule has 0 spiro atoms. The number of rotatable bonds is 3. The van der Waals surface area contributed by atoms with Crippen molar-refractivity contribution in [2.45, 2.75) is 20.0 Å². The Morgan fingerprint density at radius 3 is 2.95 bits per heavy atom. The van der Waals surface area contributed by atoms with E-state index in [1.165, 1.54) is 18.2 Å². The third-order valence-electron chi connectivity index (χ3n) is 2.58. The monoisotopic (exact) mass is 264 g/mol. The number of benzene rings is 1. The molecule has 1 atom stereocenters. The number of nitro benzene ring substituents is 1. The van der Waals surface area contributed by atoms with Gasteiger partial charge in [-0.2, -0.15) is 0 Å². The summed E-state index contributed by atoms with van der Waals surface area (Å²) in [5.74, 6) is -0.193. The van der Waals surface area contributed by atoms with E-state index in [9.17, 15) is 14.9 Å². The lowest BCUT2D eigenvalue weighted by molar-refractivity contribution is -0.384. The number of fused-ring (bicyclic) bond motifs is 1. The molecule has 1 aliphatic heterocycles. The normalized spacial score (nSPS) is 16.9. The van der Waals surface area contributed by atoms with Gasteiger partial charge in [-0.3, -0.25) is 10.1 Å². The number of carbonyl (C=O) groups excluding carboxylic acids is 1. The molecule has 1 aromatic rings. The predicted octanol–water partition coefficient (Wildman–Crippen LogP) is 2.01. The van der Waals surface area contributed by atoms with E-state index in [1.807, 2.05) is 0 Å². The smallest absolute Gasteiger partial charge is 0.353 e. The minimum absolute atomic E-state index is 0.0755. The Morgan fingerprint density at radius 2 is 2.32 bits per heavy atom. The van der Waals surface area contributed by atoms with Crippen molar-refractivity contribution in [2.24, 2.45) is 4.99 Å². The van der Waals surface area contributed by atoms with Crippen LogP contribution in [0.4, 0.5) is 11.4 Å². The molecule has 7 heteroatoms. The molecular formula is C12H12N2O5. The van der Waals surface area contributed by atoms with Crippen LogP contribution in [-0.2, 0) is 9.53 Å². The maximum absolute atomic E-state index is 11.7. The zero-order valence-electron chi connectivity index (χ0n) is 10.5. The molecule has 1 aliphatic rings. The van der Waals surface area contributed by atoms with Gasteiger partial charge in [-0.1, -0.05) is 0 Å². The summed E-state index contributed by atoms with van der Waals surface area (Å²) in [6.45, 7) is 3.56. The first-order valence-electron chi connectivity index (χ1n) is 5.70. The molecule has 0 saturated heterocycles. The molecule has 1 heterocycles. The number of nitro groups is 1. The highest BCUT2D eigenvalue weighted by molar-refractivity contribution is 6.06. The van der Waals surface area contributed by atoms with Gasteiger partial charge in [-0.25, -0.2) is 9.79 Å². The fraction of sp³-hybridized carbons (Fsp3) is 0.333. The summed E-state index contributed by atoms with van der Waals surface area (Å²) in [5, 5.41) is 10.7. The number of hydrogen-bond acceptors (Lipinski definition) is 6. The molecule has 1 unspecified atom stereocenters. The van der Waals surface area contributed by atoms with Gasteiger partial charge in [0.15, 0.2) is 0 Å². The van der Waals surface area contributed by atoms with Crippen molar-refractivity contribution < 1.29 is 19.2 Å². The summed E-state index contributed by atoms with van der Waals surface area (Å²) in [6, 6.07) is 4.03. The summed E-state index contributed by atoms with van der Waals surface area (Å²) < 4.78 is 10.3. The molecular weight excluding hydrogens is 252 g/mol. The third kappa shape index (κ3) is 2.54. The van der Waals surface area contributed by atoms with Gasteiger partial charge >= 0.3 is 5.97 Å². The first-order chi connectivity index (χ1) is 9.02. The van der Waals surface area contributed by atoms with Crippen LogP contribution in [0.1, 0.15) is 13.8 Å². The van der Waals surface area contributed by atoms with Crippen molar-refractivity contribution in [3.8, 4) is 5.75 Å². The summed E-state index contributed by atoms with van der Waals surface area (Å²) in [4.78, 5) is 26.0. The Hall–Kier alpha value is -2.44. The van der Waals surface area contributed by atoms with Crippen molar-refractivity contribution in [1.29, 1.82) is 0 Å². The van der Waals surface area contributed by atoms with Crippen LogP contribution in [-0.4, -0.2) is 29.3 Å². The fourth-order valence-corrected chi connectivity index (χ4v) is 1.70. The molecule has 0 saturated carbocycles. The van der Waals surface area contributed by atoms with Gasteiger partial charge in [0.2, 0.25) is 6.10 Å². The van der Waals surface area contributed by atoms with E-state index in [0.717, 1.165) is 0 Å². The average Bonchev–Trinajstić information content (AvgIpc) is 2.37. The van der Waals surface area contributed by atoms with Crippen LogP contribution in [0.5, 0.6) is 5.75 Å². The zero-order valence-corrected chi connectivity index (χ0v) is 10.5. The maximum atomic E-state index is 11.7. The van der Waals surface area contributed by atoms with Crippen molar-refractivity contribution in [2.75, 3.05) is 6.61 Å². The van der Waals surface area contributed by atoms with Crippen molar-refractivity contribution in [3.05, 3.63) is 28.3 Å². The Bertz CT molecular complexity index is 567. The van der Waals surface area contributed by atoms with E-state index in [-0.39, 0.29) is 12.3 Å². The van der Waals surface area contributed by atoms with Gasteiger partial charge in [-0.05, 0) is 19.9 Å². The number of hydrogen-bond donors (Lipinski definition) is 0. The Labute approximate surface area is 109 Å². The molecule has 0 fully saturated rings. The van der Waals surface area contributed by atoms with Crippen LogP contribution >= 0.6 is 0 Å². The van der Waals surface area contributed by atoms with E-state index in [2.05, 4.69) is 4.99 Å². The first-order valence-corrected chi connectivity index (χ1v) is 5.70. The number of nitrogens with zero attached hydrogens (tertiary/aromatic N) is 2. The van der Waals surface area contributed by atoms with E-state index in [0.29, 0.717) is 17.1 Å². The number of ether oxygens (including phenoxy) is 2. The van der Waals surface area contributed by atoms with Gasteiger partial charge in [0.1, 0.15) is 11.4 Å². The average molecular weight is 264 g/mol. The number of carbonyl (C=O) groups is 1. The Balaban J connectivity index is 2.32. The molecule has 19 heavy (non-hydrogen) atoms. The second-order valence-electron chi connectivity index (χ2n) is 3.91. The van der Waals surface area contributed by atoms with E-state index in [1.54, 1.807) is 13.8 Å². The molecule has 100 valence electrons. The van der Waals surface area contributed by atoms with Crippen LogP contribution in [0, 0.1) is 10.1 Å². The second kappa shape index (κ2) is 5.05. The third-order valence-corrected chi connectivity index (χ3v) is 2.58. The standard InChI is InChI=1S/C12H12N2O5/c1-3-18-12(15)11-7(2)13-9-6-8(14(16)17)4-5-10(9)19-11/h4-6,11H,3H2,1-2H3. The number of esters is 1. The molecule has 1 aromatic carbocycles. The largest absolute Gasteiger partial charge is 0.470 e. The van der Waals surface area contributed by atoms with Gasteiger partial charge < -0.3 is 9.47 Å². The van der Waals surface area contributed by atoms with E-state index in [4.69, 9.17) is 9.47 Å². The fourth-order valence-electron chi connectivity index (χ4n) is 1.70. The minimum Gasteiger partial charge on any atom is -0.470 e. The molecule has 0 aliphatic carbocycles. The van der Waals surface area contributed by atoms with Gasteiger partial charge in [0, 0.05) is 12.1 Å². The van der Waals surface area contributed by atoms with Crippen molar-refractivity contribution in [1.82, 2.24) is 0 Å². The molecule has 2 rings (SSSR count). The number of aliphatic imine (C=N–C) groups is 1. The number of non-ortho nitro benzene ring substituents is 1. The van der Waals surface area contributed by atoms with Crippen LogP contribution in [0.3, 0.4) is 0 Å². The molecule has 0 bridgehead atoms. The molecule has 0 amide bonds. The van der Waals surface area contributed by atoms with Crippen molar-refractivity contribution >= 4 is 23.1 Å². The van der Waals surface area contributed by atoms with Gasteiger partial charge in [0.05, 0.1) is 17.2 Å². The van der Waals surface area contributed by atoms with Crippen LogP contribution < -0.4 is 4.74 Å². The SMILES string of the molecule is CCOC(=O)C1Oc2ccc([N+](=O)[O-])cc2N=C1C. The van der Waals surface area contributed by atoms with Gasteiger partial charge in [0.25, 0.3) is 5.69 Å². The summed E-state index contributed by atoms with van der Waals surface area (Å²) in [5.41, 5.74) is 0.673. The zero-order chi connectivity index (χ0) is 14.0. The highest BCUT2D eigenvalue weighted by atomic mass is 16.6. The first kappa shape index (κ1) is 13.0. The molecule has 0 aromatic heterocycles. The summed E-state index contributed by atoms with van der Waals surface area (Å²) in [6.07, 6.45) is -0.895. The van der Waals surface area contributed by atoms with Gasteiger partial charge in [-0.15, -0.1) is 0 Å². The summed E-state index contributed by atoms with van der Waals surface area (Å²) in [7, 11) is 0. The highest BCUT2D eigenvalue weighted by Crippen LogP contribution is 2.35. The van der Waals surface area contributed by atoms with E-state index >= 15 is 0 Å². The minimum atomic E-state index is -0.895. The second-order valence-corrected chi connectivity index (χ2v) is 3.91. The topological polar surface area (TPSA) is 91.0 Å². The van der Waals surface area contributed by atoms with Crippen molar-refractivity contribution in [3.63, 3.8) is 0 Å². The van der Waals surface area contributed by atoms with Crippen LogP contribution in [0.15, 0.2) is 23.2 Å². The Kier molecular flexibility index (Phi) is 3.46. The van der Waals surface area contributed by atoms with Crippen LogP contribution in [0.2, 0.25) is 0 Å². The maximum Gasteiger partial charge on any atom is 0.353 e. The predicted molar refractivity (Wildman–Crippen MR) is 66.9 cm³/mol. The summed E-state index contributed by atoms with van der Waals surface area (Å²) >= 11 is 0. The Morgan fingerprint density at radius 1 is 1.58 bits per heavy atom. The quantitative estimate of drug-likeness (QED) is 0.473. The molecule has 7 nitrogen and oxygen atoms in total. The lowest BCUT2D eigenvalue weighted by atomic mass is 10.1. The highest BCUT2D eigenvalue weighted by Gasteiger charge is 2.30. The molecule has 0 N–H and O–H groups in total. The molecule has 0 radical (unpaired) electrons. The van der Waals surface area contributed by atoms with E-state index < -0.39 is 17.0 Å². The van der Waals surface area contributed by atoms with Crippen LogP contribution in [0.25, 0.3) is 0 Å².